The van der Waals surface area contributed by atoms with Gasteiger partial charge < -0.3 is 14.6 Å². The molecule has 5 heteroatoms. The number of nitrogens with zero attached hydrogens (tertiary/aromatic N) is 2. The molecule has 0 radical (unpaired) electrons. The number of aromatic hydroxyl groups is 1. The molecule has 4 nitrogen and oxygen atoms in total. The zero-order valence-electron chi connectivity index (χ0n) is 13.3. The van der Waals surface area contributed by atoms with Crippen molar-refractivity contribution in [2.75, 3.05) is 18.0 Å². The first-order chi connectivity index (χ1) is 11.1. The molecule has 1 fully saturated rings. The highest BCUT2D eigenvalue weighted by Crippen LogP contribution is 2.30. The van der Waals surface area contributed by atoms with Gasteiger partial charge in [0.15, 0.2) is 0 Å². The molecule has 1 saturated heterocycles. The summed E-state index contributed by atoms with van der Waals surface area (Å²) in [5.41, 5.74) is 2.52. The van der Waals surface area contributed by atoms with E-state index in [4.69, 9.17) is 11.6 Å². The molecule has 1 aromatic carbocycles. The van der Waals surface area contributed by atoms with Crippen molar-refractivity contribution >= 4 is 17.3 Å². The van der Waals surface area contributed by atoms with Crippen LogP contribution in [0.5, 0.6) is 5.75 Å². The lowest BCUT2D eigenvalue weighted by molar-refractivity contribution is 0.466. The van der Waals surface area contributed by atoms with Crippen molar-refractivity contribution in [3.05, 3.63) is 57.0 Å². The van der Waals surface area contributed by atoms with Gasteiger partial charge >= 0.3 is 0 Å². The first kappa shape index (κ1) is 15.9. The number of aromatic nitrogens is 1. The lowest BCUT2D eigenvalue weighted by Gasteiger charge is -2.31. The fourth-order valence-electron chi connectivity index (χ4n) is 3.11. The fourth-order valence-corrected chi connectivity index (χ4v) is 3.34. The Morgan fingerprint density at radius 1 is 1.22 bits per heavy atom. The molecule has 0 spiro atoms. The predicted octanol–water partition coefficient (Wildman–Crippen LogP) is 3.55. The van der Waals surface area contributed by atoms with Gasteiger partial charge in [-0.15, -0.1) is 0 Å². The lowest BCUT2D eigenvalue weighted by atomic mass is 10.1. The first-order valence-corrected chi connectivity index (χ1v) is 8.36. The number of piperidine rings is 1. The average molecular weight is 333 g/mol. The monoisotopic (exact) mass is 332 g/mol. The maximum atomic E-state index is 12.1. The van der Waals surface area contributed by atoms with Crippen LogP contribution in [0, 0.1) is 6.92 Å². The normalized spacial score (nSPS) is 15.0. The van der Waals surface area contributed by atoms with E-state index in [0.717, 1.165) is 24.3 Å². The largest absolute Gasteiger partial charge is 0.507 e. The molecule has 23 heavy (non-hydrogen) atoms. The van der Waals surface area contributed by atoms with Crippen molar-refractivity contribution in [1.29, 1.82) is 0 Å². The summed E-state index contributed by atoms with van der Waals surface area (Å²) in [5, 5.41) is 10.3. The van der Waals surface area contributed by atoms with Crippen molar-refractivity contribution in [3.8, 4) is 5.75 Å². The van der Waals surface area contributed by atoms with Crippen molar-refractivity contribution in [3.63, 3.8) is 0 Å². The molecule has 0 saturated carbocycles. The van der Waals surface area contributed by atoms with Gasteiger partial charge in [0, 0.05) is 47.2 Å². The smallest absolute Gasteiger partial charge is 0.254 e. The third-order valence-corrected chi connectivity index (χ3v) is 4.77. The molecule has 1 N–H and O–H groups in total. The second-order valence-electron chi connectivity index (χ2n) is 6.09. The van der Waals surface area contributed by atoms with E-state index in [0.29, 0.717) is 17.1 Å². The second-order valence-corrected chi connectivity index (χ2v) is 6.50. The SMILES string of the molecule is Cc1cn(Cc2c(Cl)cccc2N2CCCCC2)c(=O)cc1O. The maximum Gasteiger partial charge on any atom is 0.254 e. The van der Waals surface area contributed by atoms with E-state index >= 15 is 0 Å². The lowest BCUT2D eigenvalue weighted by Crippen LogP contribution is -2.31. The third-order valence-electron chi connectivity index (χ3n) is 4.42. The Labute approximate surface area is 140 Å². The minimum absolute atomic E-state index is 0.0293. The van der Waals surface area contributed by atoms with E-state index in [-0.39, 0.29) is 11.3 Å². The fraction of sp³-hybridized carbons (Fsp3) is 0.389. The van der Waals surface area contributed by atoms with Crippen LogP contribution >= 0.6 is 11.6 Å². The minimum Gasteiger partial charge on any atom is -0.507 e. The van der Waals surface area contributed by atoms with Crippen molar-refractivity contribution in [1.82, 2.24) is 4.57 Å². The van der Waals surface area contributed by atoms with Gasteiger partial charge in [0.1, 0.15) is 5.75 Å². The molecule has 122 valence electrons. The number of halogens is 1. The minimum atomic E-state index is -0.224. The zero-order chi connectivity index (χ0) is 16.4. The third kappa shape index (κ3) is 3.37. The number of aryl methyl sites for hydroxylation is 1. The van der Waals surface area contributed by atoms with E-state index in [9.17, 15) is 9.90 Å². The molecule has 1 aromatic heterocycles. The number of benzene rings is 1. The Morgan fingerprint density at radius 2 is 1.96 bits per heavy atom. The summed E-state index contributed by atoms with van der Waals surface area (Å²) in [7, 11) is 0. The van der Waals surface area contributed by atoms with Crippen LogP contribution in [0.4, 0.5) is 5.69 Å². The Hall–Kier alpha value is -1.94. The van der Waals surface area contributed by atoms with Crippen LogP contribution in [0.1, 0.15) is 30.4 Å². The Morgan fingerprint density at radius 3 is 2.70 bits per heavy atom. The average Bonchev–Trinajstić information content (AvgIpc) is 2.55. The summed E-state index contributed by atoms with van der Waals surface area (Å²) < 4.78 is 1.60. The Kier molecular flexibility index (Phi) is 4.62. The van der Waals surface area contributed by atoms with Gasteiger partial charge in [-0.1, -0.05) is 17.7 Å². The molecule has 0 aliphatic carbocycles. The number of hydrogen-bond acceptors (Lipinski definition) is 3. The summed E-state index contributed by atoms with van der Waals surface area (Å²) >= 11 is 6.43. The highest BCUT2D eigenvalue weighted by molar-refractivity contribution is 6.31. The van der Waals surface area contributed by atoms with Crippen LogP contribution in [0.2, 0.25) is 5.02 Å². The van der Waals surface area contributed by atoms with E-state index in [1.54, 1.807) is 17.7 Å². The van der Waals surface area contributed by atoms with Crippen LogP contribution in [-0.2, 0) is 6.54 Å². The molecule has 1 aliphatic rings. The van der Waals surface area contributed by atoms with Crippen molar-refractivity contribution < 1.29 is 5.11 Å². The molecule has 0 unspecified atom stereocenters. The number of pyridine rings is 1. The van der Waals surface area contributed by atoms with E-state index in [2.05, 4.69) is 11.0 Å². The molecule has 0 bridgehead atoms. The van der Waals surface area contributed by atoms with Crippen LogP contribution in [-0.4, -0.2) is 22.8 Å². The summed E-state index contributed by atoms with van der Waals surface area (Å²) in [4.78, 5) is 14.5. The van der Waals surface area contributed by atoms with E-state index in [1.165, 1.54) is 25.3 Å². The van der Waals surface area contributed by atoms with Gasteiger partial charge in [-0.3, -0.25) is 4.79 Å². The first-order valence-electron chi connectivity index (χ1n) is 7.98. The Bertz CT molecular complexity index is 764. The molecule has 3 rings (SSSR count). The molecule has 2 heterocycles. The van der Waals surface area contributed by atoms with Crippen LogP contribution in [0.3, 0.4) is 0 Å². The predicted molar refractivity (Wildman–Crippen MR) is 93.7 cm³/mol. The van der Waals surface area contributed by atoms with Gasteiger partial charge in [-0.25, -0.2) is 0 Å². The number of hydrogen-bond donors (Lipinski definition) is 1. The standard InChI is InChI=1S/C18H21ClN2O2/c1-13-11-21(18(23)10-17(13)22)12-14-15(19)6-5-7-16(14)20-8-3-2-4-9-20/h5-7,10-11,22H,2-4,8-9,12H2,1H3. The summed E-state index contributed by atoms with van der Waals surface area (Å²) in [5.74, 6) is 0.0293. The molecule has 1 aliphatic heterocycles. The summed E-state index contributed by atoms with van der Waals surface area (Å²) in [6.07, 6.45) is 5.32. The van der Waals surface area contributed by atoms with Crippen molar-refractivity contribution in [2.24, 2.45) is 0 Å². The number of anilines is 1. The van der Waals surface area contributed by atoms with Crippen LogP contribution < -0.4 is 10.5 Å². The highest BCUT2D eigenvalue weighted by atomic mass is 35.5. The topological polar surface area (TPSA) is 45.5 Å². The van der Waals surface area contributed by atoms with Crippen molar-refractivity contribution in [2.45, 2.75) is 32.7 Å². The Balaban J connectivity index is 1.99. The highest BCUT2D eigenvalue weighted by Gasteiger charge is 2.17. The van der Waals surface area contributed by atoms with Gasteiger partial charge in [0.25, 0.3) is 5.56 Å². The van der Waals surface area contributed by atoms with E-state index in [1.807, 2.05) is 12.1 Å². The summed E-state index contributed by atoms with van der Waals surface area (Å²) in [6.45, 7) is 4.24. The molecule has 2 aromatic rings. The maximum absolute atomic E-state index is 12.1. The van der Waals surface area contributed by atoms with Gasteiger partial charge in [-0.05, 0) is 38.3 Å². The van der Waals surface area contributed by atoms with Gasteiger partial charge in [0.2, 0.25) is 0 Å². The molecular weight excluding hydrogens is 312 g/mol. The molecule has 0 atom stereocenters. The van der Waals surface area contributed by atoms with Gasteiger partial charge in [-0.2, -0.15) is 0 Å². The molecule has 0 amide bonds. The van der Waals surface area contributed by atoms with Crippen LogP contribution in [0.25, 0.3) is 0 Å². The quantitative estimate of drug-likeness (QED) is 0.934. The zero-order valence-corrected chi connectivity index (χ0v) is 14.0. The second kappa shape index (κ2) is 6.67. The van der Waals surface area contributed by atoms with Gasteiger partial charge in [0.05, 0.1) is 6.54 Å². The molecular formula is C18H21ClN2O2. The van der Waals surface area contributed by atoms with E-state index < -0.39 is 0 Å². The summed E-state index contributed by atoms with van der Waals surface area (Å²) in [6, 6.07) is 7.15. The van der Waals surface area contributed by atoms with Crippen LogP contribution in [0.15, 0.2) is 35.3 Å². The number of rotatable bonds is 3.